The molecule has 5 rings (SSSR count). The number of fused-ring (bicyclic) bond motifs is 3. The zero-order valence-corrected chi connectivity index (χ0v) is 16.9. The van der Waals surface area contributed by atoms with Crippen LogP contribution in [0.3, 0.4) is 0 Å². The fourth-order valence-corrected chi connectivity index (χ4v) is 6.15. The maximum Gasteiger partial charge on any atom is 0.331 e. The molecule has 8 heteroatoms. The Morgan fingerprint density at radius 1 is 1.07 bits per heavy atom. The summed E-state index contributed by atoms with van der Waals surface area (Å²) in [6.07, 6.45) is 6.05. The number of benzene rings is 2. The van der Waals surface area contributed by atoms with Gasteiger partial charge in [-0.15, -0.1) is 4.36 Å². The Hall–Kier alpha value is -2.87. The predicted molar refractivity (Wildman–Crippen MR) is 109 cm³/mol. The Morgan fingerprint density at radius 2 is 1.76 bits per heavy atom. The summed E-state index contributed by atoms with van der Waals surface area (Å²) in [4.78, 5) is 25.2. The Bertz CT molecular complexity index is 1160. The first-order valence-electron chi connectivity index (χ1n) is 9.73. The average Bonchev–Trinajstić information content (AvgIpc) is 3.40. The number of nitrogens with one attached hydrogen (secondary N) is 2. The van der Waals surface area contributed by atoms with E-state index in [1.807, 2.05) is 0 Å². The highest BCUT2D eigenvalue weighted by Crippen LogP contribution is 2.38. The van der Waals surface area contributed by atoms with Gasteiger partial charge in [-0.25, -0.2) is 13.7 Å². The van der Waals surface area contributed by atoms with Crippen LogP contribution in [0.5, 0.6) is 5.75 Å². The van der Waals surface area contributed by atoms with E-state index in [1.54, 1.807) is 6.07 Å². The summed E-state index contributed by atoms with van der Waals surface area (Å²) in [6.45, 7) is 0. The number of nitrogens with zero attached hydrogens (tertiary/aromatic N) is 1. The van der Waals surface area contributed by atoms with Crippen LogP contribution < -0.4 is 14.8 Å². The third kappa shape index (κ3) is 2.90. The summed E-state index contributed by atoms with van der Waals surface area (Å²) in [5.41, 5.74) is 6.00. The van der Waals surface area contributed by atoms with E-state index in [-0.39, 0.29) is 10.5 Å². The minimum atomic E-state index is -3.38. The SMILES string of the molecule is COc1ccc2c(c1)C(=O)N=S2(=O)NC(=O)Nc1c2c(cc3c1CCC3)CCC2. The third-order valence-electron chi connectivity index (χ3n) is 5.87. The smallest absolute Gasteiger partial charge is 0.331 e. The maximum absolute atomic E-state index is 13.3. The third-order valence-corrected chi connectivity index (χ3v) is 7.71. The monoisotopic (exact) mass is 411 g/mol. The van der Waals surface area contributed by atoms with Gasteiger partial charge >= 0.3 is 6.03 Å². The van der Waals surface area contributed by atoms with E-state index in [2.05, 4.69) is 20.5 Å². The highest BCUT2D eigenvalue weighted by Gasteiger charge is 2.32. The van der Waals surface area contributed by atoms with E-state index in [4.69, 9.17) is 4.74 Å². The molecule has 2 aromatic rings. The van der Waals surface area contributed by atoms with Crippen molar-refractivity contribution in [2.45, 2.75) is 43.4 Å². The van der Waals surface area contributed by atoms with Gasteiger partial charge in [0, 0.05) is 5.69 Å². The number of aryl methyl sites for hydroxylation is 2. The topological polar surface area (TPSA) is 96.9 Å². The number of anilines is 1. The summed E-state index contributed by atoms with van der Waals surface area (Å²) in [6, 6.07) is 6.28. The normalized spacial score (nSPS) is 21.2. The van der Waals surface area contributed by atoms with Crippen LogP contribution in [0, 0.1) is 0 Å². The molecule has 0 radical (unpaired) electrons. The number of carbonyl (C=O) groups excluding carboxylic acids is 2. The summed E-state index contributed by atoms with van der Waals surface area (Å²) in [5, 5.41) is 2.94. The number of carbonyl (C=O) groups is 2. The molecule has 0 fully saturated rings. The van der Waals surface area contributed by atoms with Crippen molar-refractivity contribution in [3.05, 3.63) is 52.1 Å². The molecular formula is C21H21N3O4S. The number of urea groups is 1. The molecule has 0 spiro atoms. The van der Waals surface area contributed by atoms with Crippen molar-refractivity contribution in [1.82, 2.24) is 4.72 Å². The zero-order chi connectivity index (χ0) is 20.2. The second-order valence-electron chi connectivity index (χ2n) is 7.57. The van der Waals surface area contributed by atoms with E-state index < -0.39 is 21.9 Å². The highest BCUT2D eigenvalue weighted by molar-refractivity contribution is 7.93. The van der Waals surface area contributed by atoms with Crippen LogP contribution in [0.15, 0.2) is 33.5 Å². The molecule has 7 nitrogen and oxygen atoms in total. The summed E-state index contributed by atoms with van der Waals surface area (Å²) in [7, 11) is -1.89. The number of amides is 3. The van der Waals surface area contributed by atoms with Gasteiger partial charge in [-0.3, -0.25) is 4.79 Å². The molecule has 1 atom stereocenters. The number of rotatable bonds is 3. The first kappa shape index (κ1) is 18.2. The van der Waals surface area contributed by atoms with Gasteiger partial charge in [-0.2, -0.15) is 0 Å². The van der Waals surface area contributed by atoms with Crippen molar-refractivity contribution in [3.63, 3.8) is 0 Å². The standard InChI is InChI=1S/C21H21N3O4S/c1-28-14-8-9-18-17(11-14)20(25)23-29(18,27)24-21(26)22-19-15-6-2-4-12(15)10-13-5-3-7-16(13)19/h8-11H,2-7H2,1H3,(H2,22,23,24,25,26,27). The quantitative estimate of drug-likeness (QED) is 0.809. The largest absolute Gasteiger partial charge is 0.497 e. The van der Waals surface area contributed by atoms with Gasteiger partial charge in [-0.05, 0) is 79.0 Å². The molecule has 29 heavy (non-hydrogen) atoms. The van der Waals surface area contributed by atoms with Crippen LogP contribution in [-0.2, 0) is 35.6 Å². The molecule has 1 aliphatic heterocycles. The molecule has 0 saturated carbocycles. The van der Waals surface area contributed by atoms with Gasteiger partial charge in [0.05, 0.1) is 17.6 Å². The number of ether oxygens (including phenoxy) is 1. The summed E-state index contributed by atoms with van der Waals surface area (Å²) < 4.78 is 24.6. The highest BCUT2D eigenvalue weighted by atomic mass is 32.2. The molecule has 3 amide bonds. The van der Waals surface area contributed by atoms with Gasteiger partial charge in [0.2, 0.25) is 0 Å². The van der Waals surface area contributed by atoms with Crippen LogP contribution in [0.4, 0.5) is 10.5 Å². The van der Waals surface area contributed by atoms with E-state index in [1.165, 1.54) is 41.5 Å². The molecule has 2 aliphatic carbocycles. The Kier molecular flexibility index (Phi) is 4.13. The van der Waals surface area contributed by atoms with E-state index in [9.17, 15) is 13.8 Å². The second kappa shape index (κ2) is 6.59. The molecule has 1 unspecified atom stereocenters. The van der Waals surface area contributed by atoms with Crippen molar-refractivity contribution in [2.24, 2.45) is 4.36 Å². The van der Waals surface area contributed by atoms with Crippen molar-refractivity contribution in [1.29, 1.82) is 0 Å². The first-order chi connectivity index (χ1) is 14.0. The Balaban J connectivity index is 1.46. The van der Waals surface area contributed by atoms with E-state index in [0.29, 0.717) is 5.75 Å². The fourth-order valence-electron chi connectivity index (χ4n) is 4.57. The lowest BCUT2D eigenvalue weighted by atomic mass is 9.99. The van der Waals surface area contributed by atoms with Gasteiger partial charge < -0.3 is 10.1 Å². The lowest BCUT2D eigenvalue weighted by Gasteiger charge is -2.17. The van der Waals surface area contributed by atoms with Gasteiger partial charge in [0.25, 0.3) is 5.91 Å². The zero-order valence-electron chi connectivity index (χ0n) is 16.0. The fraction of sp³-hybridized carbons (Fsp3) is 0.333. The van der Waals surface area contributed by atoms with Crippen LogP contribution in [0.2, 0.25) is 0 Å². The minimum Gasteiger partial charge on any atom is -0.497 e. The number of hydrogen-bond acceptors (Lipinski definition) is 4. The Labute approximate surface area is 169 Å². The Morgan fingerprint density at radius 3 is 2.41 bits per heavy atom. The first-order valence-corrected chi connectivity index (χ1v) is 11.2. The molecule has 2 N–H and O–H groups in total. The lowest BCUT2D eigenvalue weighted by Crippen LogP contribution is -2.34. The van der Waals surface area contributed by atoms with Crippen molar-refractivity contribution < 1.29 is 18.5 Å². The summed E-state index contributed by atoms with van der Waals surface area (Å²) >= 11 is 0. The van der Waals surface area contributed by atoms with Crippen molar-refractivity contribution >= 4 is 27.5 Å². The predicted octanol–water partition coefficient (Wildman–Crippen LogP) is 3.39. The molecular weight excluding hydrogens is 390 g/mol. The number of methoxy groups -OCH3 is 1. The molecule has 0 saturated heterocycles. The molecule has 1 heterocycles. The van der Waals surface area contributed by atoms with Gasteiger partial charge in [-0.1, -0.05) is 6.07 Å². The number of hydrogen-bond donors (Lipinski definition) is 2. The van der Waals surface area contributed by atoms with E-state index in [0.717, 1.165) is 44.2 Å². The van der Waals surface area contributed by atoms with Crippen molar-refractivity contribution in [2.75, 3.05) is 12.4 Å². The molecule has 150 valence electrons. The van der Waals surface area contributed by atoms with Gasteiger partial charge in [0.15, 0.2) is 9.92 Å². The minimum absolute atomic E-state index is 0.191. The lowest BCUT2D eigenvalue weighted by molar-refractivity contribution is 0.101. The van der Waals surface area contributed by atoms with E-state index >= 15 is 0 Å². The van der Waals surface area contributed by atoms with Crippen LogP contribution in [0.25, 0.3) is 0 Å². The molecule has 0 aromatic heterocycles. The van der Waals surface area contributed by atoms with Crippen molar-refractivity contribution in [3.8, 4) is 5.75 Å². The summed E-state index contributed by atoms with van der Waals surface area (Å²) in [5.74, 6) is -0.151. The van der Waals surface area contributed by atoms with Crippen LogP contribution >= 0.6 is 0 Å². The molecule has 2 aromatic carbocycles. The molecule has 3 aliphatic rings. The van der Waals surface area contributed by atoms with Crippen LogP contribution in [-0.4, -0.2) is 23.3 Å². The van der Waals surface area contributed by atoms with Crippen LogP contribution in [0.1, 0.15) is 45.5 Å². The van der Waals surface area contributed by atoms with Gasteiger partial charge in [0.1, 0.15) is 5.75 Å². The average molecular weight is 411 g/mol. The molecule has 0 bridgehead atoms. The maximum atomic E-state index is 13.3. The second-order valence-corrected chi connectivity index (χ2v) is 9.45.